The smallest absolute Gasteiger partial charge is 0.338 e. The highest BCUT2D eigenvalue weighted by atomic mass is 35.5. The molecule has 280 valence electrons. The Balaban J connectivity index is 0.00000729. The van der Waals surface area contributed by atoms with E-state index in [0.29, 0.717) is 50.0 Å². The van der Waals surface area contributed by atoms with E-state index in [9.17, 15) is 29.1 Å². The van der Waals surface area contributed by atoms with Crippen molar-refractivity contribution in [2.75, 3.05) is 19.8 Å². The molecule has 52 heavy (non-hydrogen) atoms. The monoisotopic (exact) mass is 736 g/mol. The molecule has 0 aromatic heterocycles. The van der Waals surface area contributed by atoms with E-state index >= 15 is 0 Å². The first-order valence-electron chi connectivity index (χ1n) is 17.5. The number of likely N-dealkylation sites (tertiary alicyclic amines) is 1. The van der Waals surface area contributed by atoms with Crippen molar-refractivity contribution in [1.29, 1.82) is 0 Å². The number of piperidine rings is 1. The summed E-state index contributed by atoms with van der Waals surface area (Å²) in [6, 6.07) is 20.8. The van der Waals surface area contributed by atoms with Gasteiger partial charge in [-0.15, -0.1) is 12.4 Å². The largest absolute Gasteiger partial charge is 0.494 e. The lowest BCUT2D eigenvalue weighted by Gasteiger charge is -2.36. The van der Waals surface area contributed by atoms with Crippen LogP contribution in [-0.4, -0.2) is 83.6 Å². The van der Waals surface area contributed by atoms with Crippen LogP contribution in [0.15, 0.2) is 84.9 Å². The molecule has 1 aliphatic heterocycles. The number of carboxylic acids is 1. The second-order valence-electron chi connectivity index (χ2n) is 12.6. The Labute approximate surface area is 310 Å². The molecule has 1 heterocycles. The zero-order valence-corrected chi connectivity index (χ0v) is 30.2. The summed E-state index contributed by atoms with van der Waals surface area (Å²) in [6.07, 6.45) is 3.18. The number of hydrogen-bond acceptors (Lipinski definition) is 8. The summed E-state index contributed by atoms with van der Waals surface area (Å²) in [6.45, 7) is 2.80. The zero-order chi connectivity index (χ0) is 36.6. The maximum Gasteiger partial charge on any atom is 0.338 e. The fourth-order valence-electron chi connectivity index (χ4n) is 6.01. The fraction of sp³-hybridized carbons (Fsp3) is 0.410. The Hall–Kier alpha value is -4.94. The van der Waals surface area contributed by atoms with Gasteiger partial charge in [-0.1, -0.05) is 60.7 Å². The van der Waals surface area contributed by atoms with E-state index in [0.717, 1.165) is 11.1 Å². The topological polar surface area (TPSA) is 177 Å². The van der Waals surface area contributed by atoms with Gasteiger partial charge in [0, 0.05) is 19.4 Å². The van der Waals surface area contributed by atoms with Gasteiger partial charge in [0.2, 0.25) is 17.7 Å². The Morgan fingerprint density at radius 3 is 2.10 bits per heavy atom. The summed E-state index contributed by atoms with van der Waals surface area (Å²) >= 11 is 0. The van der Waals surface area contributed by atoms with Crippen molar-refractivity contribution in [1.82, 2.24) is 15.5 Å². The standard InChI is InChI=1S/C39H48N4O8.ClH/c1-2-50-30-21-19-28(20-22-30)25-32(41-35(44)31(40)17-10-12-24-51-39(49)29-15-7-4-8-16-29)36(45)42-33(26-27-13-5-3-6-14-27)37(46)43-23-11-9-18-34(43)38(47)48;/h3-8,13-16,19-22,31-34H,2,9-12,17-18,23-26,40H2,1H3,(H,41,44)(H,42,45)(H,47,48);1H/t31-,32-,33-,34+;/m0./s1. The quantitative estimate of drug-likeness (QED) is 0.111. The Bertz CT molecular complexity index is 1590. The van der Waals surface area contributed by atoms with Crippen molar-refractivity contribution in [2.45, 2.75) is 82.5 Å². The SMILES string of the molecule is CCOc1ccc(C[C@H](NC(=O)[C@@H](N)CCCCOC(=O)c2ccccc2)C(=O)N[C@@H](Cc2ccccc2)C(=O)N2CCCC[C@@H]2C(=O)O)cc1.Cl. The number of hydrogen-bond donors (Lipinski definition) is 4. The summed E-state index contributed by atoms with van der Waals surface area (Å²) in [5.41, 5.74) is 8.23. The molecule has 0 spiro atoms. The predicted octanol–water partition coefficient (Wildman–Crippen LogP) is 4.08. The molecule has 1 aliphatic rings. The number of nitrogens with one attached hydrogen (secondary N) is 2. The molecule has 3 aromatic carbocycles. The molecular weight excluding hydrogens is 688 g/mol. The van der Waals surface area contributed by atoms with Crippen LogP contribution in [0.3, 0.4) is 0 Å². The summed E-state index contributed by atoms with van der Waals surface area (Å²) in [5.74, 6) is -2.49. The number of nitrogens with two attached hydrogens (primary N) is 1. The second-order valence-corrected chi connectivity index (χ2v) is 12.6. The van der Waals surface area contributed by atoms with Crippen LogP contribution in [0, 0.1) is 0 Å². The summed E-state index contributed by atoms with van der Waals surface area (Å²) in [4.78, 5) is 66.9. The van der Waals surface area contributed by atoms with Gasteiger partial charge < -0.3 is 35.8 Å². The average molecular weight is 737 g/mol. The molecule has 3 aromatic rings. The number of esters is 1. The molecule has 0 saturated carbocycles. The molecule has 4 atom stereocenters. The van der Waals surface area contributed by atoms with Crippen molar-refractivity contribution in [3.05, 3.63) is 102 Å². The van der Waals surface area contributed by atoms with Crippen molar-refractivity contribution in [3.63, 3.8) is 0 Å². The molecule has 3 amide bonds. The maximum atomic E-state index is 14.0. The third-order valence-corrected chi connectivity index (χ3v) is 8.76. The van der Waals surface area contributed by atoms with Crippen LogP contribution in [0.5, 0.6) is 5.75 Å². The van der Waals surface area contributed by atoms with Gasteiger partial charge in [-0.05, 0) is 80.8 Å². The van der Waals surface area contributed by atoms with Gasteiger partial charge in [0.1, 0.15) is 23.9 Å². The normalized spacial score (nSPS) is 15.6. The molecule has 1 saturated heterocycles. The highest BCUT2D eigenvalue weighted by molar-refractivity contribution is 5.94. The van der Waals surface area contributed by atoms with Gasteiger partial charge in [-0.25, -0.2) is 9.59 Å². The first kappa shape index (κ1) is 41.5. The van der Waals surface area contributed by atoms with Crippen LogP contribution in [0.1, 0.15) is 66.9 Å². The lowest BCUT2D eigenvalue weighted by molar-refractivity contribution is -0.153. The number of halogens is 1. The number of rotatable bonds is 18. The van der Waals surface area contributed by atoms with Crippen molar-refractivity contribution in [3.8, 4) is 5.75 Å². The summed E-state index contributed by atoms with van der Waals surface area (Å²) < 4.78 is 10.9. The molecule has 0 bridgehead atoms. The molecular formula is C39H49ClN4O8. The first-order valence-corrected chi connectivity index (χ1v) is 17.5. The molecule has 0 unspecified atom stereocenters. The van der Waals surface area contributed by atoms with Gasteiger partial charge >= 0.3 is 11.9 Å². The number of carboxylic acid groups (broad SMARTS) is 1. The minimum atomic E-state index is -1.10. The van der Waals surface area contributed by atoms with Gasteiger partial charge in [0.25, 0.3) is 0 Å². The lowest BCUT2D eigenvalue weighted by Crippen LogP contribution is -2.59. The first-order chi connectivity index (χ1) is 24.7. The number of carbonyl (C=O) groups is 5. The number of benzene rings is 3. The van der Waals surface area contributed by atoms with Gasteiger partial charge in [-0.2, -0.15) is 0 Å². The van der Waals surface area contributed by atoms with E-state index < -0.39 is 53.8 Å². The van der Waals surface area contributed by atoms with Crippen molar-refractivity contribution >= 4 is 42.1 Å². The number of carbonyl (C=O) groups excluding carboxylic acids is 4. The van der Waals surface area contributed by atoms with Crippen molar-refractivity contribution < 1.29 is 38.6 Å². The van der Waals surface area contributed by atoms with Crippen LogP contribution in [0.4, 0.5) is 0 Å². The summed E-state index contributed by atoms with van der Waals surface area (Å²) in [5, 5.41) is 15.5. The van der Waals surface area contributed by atoms with Gasteiger partial charge in [-0.3, -0.25) is 14.4 Å². The summed E-state index contributed by atoms with van der Waals surface area (Å²) in [7, 11) is 0. The number of ether oxygens (including phenoxy) is 2. The highest BCUT2D eigenvalue weighted by Gasteiger charge is 2.37. The van der Waals surface area contributed by atoms with Crippen LogP contribution in [0.25, 0.3) is 0 Å². The number of unbranched alkanes of at least 4 members (excludes halogenated alkanes) is 1. The van der Waals surface area contributed by atoms with Crippen LogP contribution >= 0.6 is 12.4 Å². The maximum absolute atomic E-state index is 14.0. The fourth-order valence-corrected chi connectivity index (χ4v) is 6.01. The minimum Gasteiger partial charge on any atom is -0.494 e. The molecule has 1 fully saturated rings. The van der Waals surface area contributed by atoms with E-state index in [2.05, 4.69) is 10.6 Å². The molecule has 12 nitrogen and oxygen atoms in total. The highest BCUT2D eigenvalue weighted by Crippen LogP contribution is 2.20. The van der Waals surface area contributed by atoms with E-state index in [1.165, 1.54) is 4.90 Å². The molecule has 0 aliphatic carbocycles. The van der Waals surface area contributed by atoms with Gasteiger partial charge in [0.15, 0.2) is 0 Å². The number of amides is 3. The lowest BCUT2D eigenvalue weighted by atomic mass is 9.98. The number of aliphatic carboxylic acids is 1. The van der Waals surface area contributed by atoms with E-state index in [4.69, 9.17) is 15.2 Å². The Kier molecular flexibility index (Phi) is 17.1. The van der Waals surface area contributed by atoms with E-state index in [-0.39, 0.29) is 44.8 Å². The minimum absolute atomic E-state index is 0. The molecule has 5 N–H and O–H groups in total. The van der Waals surface area contributed by atoms with Crippen LogP contribution in [-0.2, 0) is 36.8 Å². The van der Waals surface area contributed by atoms with Gasteiger partial charge in [0.05, 0.1) is 24.8 Å². The second kappa shape index (κ2) is 21.4. The zero-order valence-electron chi connectivity index (χ0n) is 29.4. The van der Waals surface area contributed by atoms with E-state index in [1.54, 1.807) is 48.5 Å². The van der Waals surface area contributed by atoms with Crippen LogP contribution in [0.2, 0.25) is 0 Å². The third-order valence-electron chi connectivity index (χ3n) is 8.76. The average Bonchev–Trinajstić information content (AvgIpc) is 3.15. The Morgan fingerprint density at radius 1 is 0.827 bits per heavy atom. The predicted molar refractivity (Wildman–Crippen MR) is 198 cm³/mol. The van der Waals surface area contributed by atoms with Crippen LogP contribution < -0.4 is 21.1 Å². The molecule has 4 rings (SSSR count). The number of nitrogens with zero attached hydrogens (tertiary/aromatic N) is 1. The molecule has 0 radical (unpaired) electrons. The Morgan fingerprint density at radius 2 is 1.44 bits per heavy atom. The van der Waals surface area contributed by atoms with Crippen molar-refractivity contribution in [2.24, 2.45) is 5.73 Å². The third kappa shape index (κ3) is 12.7. The van der Waals surface area contributed by atoms with E-state index in [1.807, 2.05) is 43.3 Å². The molecule has 13 heteroatoms.